The lowest BCUT2D eigenvalue weighted by Crippen LogP contribution is -2.54. The first kappa shape index (κ1) is 22.2. The van der Waals surface area contributed by atoms with Crippen LogP contribution in [0.15, 0.2) is 72.3 Å². The number of halogens is 2. The van der Waals surface area contributed by atoms with Crippen molar-refractivity contribution in [1.82, 2.24) is 5.32 Å². The second-order valence-corrected chi connectivity index (χ2v) is 7.81. The van der Waals surface area contributed by atoms with Gasteiger partial charge in [-0.3, -0.25) is 14.9 Å². The lowest BCUT2D eigenvalue weighted by atomic mass is 10.1. The number of imide groups is 2. The zero-order valence-electron chi connectivity index (χ0n) is 17.5. The molecule has 3 aromatic rings. The van der Waals surface area contributed by atoms with Crippen LogP contribution < -0.4 is 15.0 Å². The third kappa shape index (κ3) is 4.94. The fraction of sp³-hybridized carbons (Fsp3) is 0.0800. The monoisotopic (exact) mass is 464 g/mol. The summed E-state index contributed by atoms with van der Waals surface area (Å²) < 4.78 is 18.7. The van der Waals surface area contributed by atoms with E-state index in [1.54, 1.807) is 54.6 Å². The van der Waals surface area contributed by atoms with Gasteiger partial charge in [0.25, 0.3) is 11.8 Å². The predicted octanol–water partition coefficient (Wildman–Crippen LogP) is 5.03. The Kier molecular flexibility index (Phi) is 6.24. The van der Waals surface area contributed by atoms with Gasteiger partial charge in [-0.05, 0) is 60.5 Å². The first-order chi connectivity index (χ1) is 15.8. The first-order valence-electron chi connectivity index (χ1n) is 9.97. The average Bonchev–Trinajstić information content (AvgIpc) is 2.78. The number of hydrogen-bond donors (Lipinski definition) is 1. The molecule has 0 radical (unpaired) electrons. The molecular weight excluding hydrogens is 447 g/mol. The number of benzene rings is 3. The Morgan fingerprint density at radius 1 is 1.00 bits per heavy atom. The van der Waals surface area contributed by atoms with Crippen molar-refractivity contribution in [2.45, 2.75) is 13.5 Å². The Bertz CT molecular complexity index is 1270. The number of anilines is 1. The first-order valence-corrected chi connectivity index (χ1v) is 10.3. The van der Waals surface area contributed by atoms with Gasteiger partial charge in [0.05, 0.1) is 10.7 Å². The van der Waals surface area contributed by atoms with Crippen molar-refractivity contribution in [1.29, 1.82) is 0 Å². The standard InChI is InChI=1S/C25H18ClFN2O4/c1-15-2-9-19(10-3-15)29-24(31)20(23(30)28-25(29)32)12-17-6-11-22(21(26)13-17)33-14-16-4-7-18(27)8-5-16/h2-13H,14H2,1H3,(H,28,30,32)/b20-12+. The van der Waals surface area contributed by atoms with Gasteiger partial charge >= 0.3 is 6.03 Å². The van der Waals surface area contributed by atoms with Gasteiger partial charge in [0.2, 0.25) is 0 Å². The number of rotatable bonds is 5. The fourth-order valence-electron chi connectivity index (χ4n) is 3.22. The number of carbonyl (C=O) groups excluding carboxylic acids is 3. The van der Waals surface area contributed by atoms with Crippen LogP contribution in [0.25, 0.3) is 6.08 Å². The van der Waals surface area contributed by atoms with Crippen LogP contribution >= 0.6 is 11.6 Å². The van der Waals surface area contributed by atoms with Gasteiger partial charge in [0, 0.05) is 0 Å². The third-order valence-electron chi connectivity index (χ3n) is 4.97. The topological polar surface area (TPSA) is 75.7 Å². The quantitative estimate of drug-likeness (QED) is 0.424. The number of hydrogen-bond acceptors (Lipinski definition) is 4. The summed E-state index contributed by atoms with van der Waals surface area (Å²) in [4.78, 5) is 38.5. The summed E-state index contributed by atoms with van der Waals surface area (Å²) in [5.74, 6) is -1.47. The molecule has 1 aliphatic rings. The molecule has 0 atom stereocenters. The van der Waals surface area contributed by atoms with Gasteiger partial charge in [-0.15, -0.1) is 0 Å². The molecule has 4 rings (SSSR count). The second-order valence-electron chi connectivity index (χ2n) is 7.40. The molecule has 0 aliphatic carbocycles. The minimum Gasteiger partial charge on any atom is -0.487 e. The van der Waals surface area contributed by atoms with E-state index in [4.69, 9.17) is 16.3 Å². The number of nitrogens with zero attached hydrogens (tertiary/aromatic N) is 1. The Labute approximate surface area is 194 Å². The van der Waals surface area contributed by atoms with Crippen molar-refractivity contribution in [2.24, 2.45) is 0 Å². The Balaban J connectivity index is 1.55. The molecule has 1 heterocycles. The van der Waals surface area contributed by atoms with E-state index in [9.17, 15) is 18.8 Å². The van der Waals surface area contributed by atoms with E-state index in [-0.39, 0.29) is 23.0 Å². The Morgan fingerprint density at radius 2 is 1.70 bits per heavy atom. The fourth-order valence-corrected chi connectivity index (χ4v) is 3.46. The largest absolute Gasteiger partial charge is 0.487 e. The number of amides is 4. The second kappa shape index (κ2) is 9.26. The van der Waals surface area contributed by atoms with E-state index < -0.39 is 17.8 Å². The highest BCUT2D eigenvalue weighted by atomic mass is 35.5. The summed E-state index contributed by atoms with van der Waals surface area (Å²) in [5, 5.41) is 2.45. The number of aryl methyl sites for hydroxylation is 1. The van der Waals surface area contributed by atoms with E-state index in [2.05, 4.69) is 5.32 Å². The highest BCUT2D eigenvalue weighted by Crippen LogP contribution is 2.28. The molecule has 0 saturated carbocycles. The molecule has 0 aromatic heterocycles. The minimum atomic E-state index is -0.812. The zero-order valence-corrected chi connectivity index (χ0v) is 18.2. The van der Waals surface area contributed by atoms with Gasteiger partial charge in [-0.25, -0.2) is 14.1 Å². The van der Waals surface area contributed by atoms with E-state index in [0.29, 0.717) is 17.0 Å². The van der Waals surface area contributed by atoms with Crippen molar-refractivity contribution >= 4 is 41.2 Å². The van der Waals surface area contributed by atoms with Crippen molar-refractivity contribution in [3.63, 3.8) is 0 Å². The summed E-state index contributed by atoms with van der Waals surface area (Å²) in [5.41, 5.74) is 2.36. The molecule has 33 heavy (non-hydrogen) atoms. The SMILES string of the molecule is Cc1ccc(N2C(=O)NC(=O)/C(=C\c3ccc(OCc4ccc(F)cc4)c(Cl)c3)C2=O)cc1. The molecule has 1 fully saturated rings. The van der Waals surface area contributed by atoms with Crippen molar-refractivity contribution in [3.8, 4) is 5.75 Å². The molecule has 1 N–H and O–H groups in total. The maximum Gasteiger partial charge on any atom is 0.335 e. The summed E-state index contributed by atoms with van der Waals surface area (Å²) in [6, 6.07) is 16.6. The molecule has 1 aliphatic heterocycles. The molecular formula is C25H18ClFN2O4. The number of barbiturate groups is 1. The zero-order chi connectivity index (χ0) is 23.5. The molecule has 6 nitrogen and oxygen atoms in total. The maximum absolute atomic E-state index is 13.0. The molecule has 4 amide bonds. The molecule has 0 spiro atoms. The van der Waals surface area contributed by atoms with Crippen molar-refractivity contribution < 1.29 is 23.5 Å². The number of nitrogens with one attached hydrogen (secondary N) is 1. The van der Waals surface area contributed by atoms with E-state index >= 15 is 0 Å². The predicted molar refractivity (Wildman–Crippen MR) is 122 cm³/mol. The minimum absolute atomic E-state index is 0.189. The lowest BCUT2D eigenvalue weighted by molar-refractivity contribution is -0.122. The Morgan fingerprint density at radius 3 is 2.36 bits per heavy atom. The van der Waals surface area contributed by atoms with E-state index in [0.717, 1.165) is 16.0 Å². The van der Waals surface area contributed by atoms with Crippen LogP contribution in [0.4, 0.5) is 14.9 Å². The average molecular weight is 465 g/mol. The van der Waals surface area contributed by atoms with Crippen LogP contribution in [-0.2, 0) is 16.2 Å². The van der Waals surface area contributed by atoms with Crippen molar-refractivity contribution in [2.75, 3.05) is 4.90 Å². The molecule has 166 valence electrons. The number of carbonyl (C=O) groups is 3. The van der Waals surface area contributed by atoms with E-state index in [1.807, 2.05) is 6.92 Å². The molecule has 8 heteroatoms. The lowest BCUT2D eigenvalue weighted by Gasteiger charge is -2.26. The third-order valence-corrected chi connectivity index (χ3v) is 5.26. The van der Waals surface area contributed by atoms with Gasteiger partial charge in [-0.1, -0.05) is 47.5 Å². The van der Waals surface area contributed by atoms with Crippen LogP contribution in [-0.4, -0.2) is 17.8 Å². The maximum atomic E-state index is 13.0. The molecule has 3 aromatic carbocycles. The smallest absolute Gasteiger partial charge is 0.335 e. The van der Waals surface area contributed by atoms with Crippen LogP contribution in [0.1, 0.15) is 16.7 Å². The van der Waals surface area contributed by atoms with Gasteiger partial charge < -0.3 is 4.74 Å². The Hall–Kier alpha value is -3.97. The normalized spacial score (nSPS) is 15.1. The number of urea groups is 1. The highest BCUT2D eigenvalue weighted by Gasteiger charge is 2.36. The number of ether oxygens (including phenoxy) is 1. The van der Waals surface area contributed by atoms with Gasteiger partial charge in [-0.2, -0.15) is 0 Å². The van der Waals surface area contributed by atoms with Crippen molar-refractivity contribution in [3.05, 3.63) is 99.8 Å². The molecule has 1 saturated heterocycles. The summed E-state index contributed by atoms with van der Waals surface area (Å²) in [6.07, 6.45) is 1.36. The highest BCUT2D eigenvalue weighted by molar-refractivity contribution is 6.39. The van der Waals surface area contributed by atoms with Crippen LogP contribution in [0, 0.1) is 12.7 Å². The van der Waals surface area contributed by atoms with Crippen LogP contribution in [0.3, 0.4) is 0 Å². The van der Waals surface area contributed by atoms with Gasteiger partial charge in [0.1, 0.15) is 23.7 Å². The summed E-state index contributed by atoms with van der Waals surface area (Å²) in [7, 11) is 0. The summed E-state index contributed by atoms with van der Waals surface area (Å²) >= 11 is 6.31. The molecule has 0 unspecified atom stereocenters. The van der Waals surface area contributed by atoms with Crippen LogP contribution in [0.5, 0.6) is 5.75 Å². The van der Waals surface area contributed by atoms with E-state index in [1.165, 1.54) is 18.2 Å². The van der Waals surface area contributed by atoms with Gasteiger partial charge in [0.15, 0.2) is 0 Å². The molecule has 0 bridgehead atoms. The summed E-state index contributed by atoms with van der Waals surface area (Å²) in [6.45, 7) is 2.07. The van der Waals surface area contributed by atoms with Crippen LogP contribution in [0.2, 0.25) is 5.02 Å².